The van der Waals surface area contributed by atoms with Gasteiger partial charge in [0.05, 0.1) is 5.69 Å². The summed E-state index contributed by atoms with van der Waals surface area (Å²) in [4.78, 5) is 0. The number of rotatable bonds is 5. The van der Waals surface area contributed by atoms with Gasteiger partial charge in [-0.05, 0) is 61.9 Å². The number of aromatic nitrogens is 1. The Bertz CT molecular complexity index is 440. The van der Waals surface area contributed by atoms with Crippen molar-refractivity contribution in [3.63, 3.8) is 0 Å². The first-order valence-electron chi connectivity index (χ1n) is 6.40. The maximum absolute atomic E-state index is 9.07. The SMILES string of the molecule is Cc1nsc(NCC(C2CC2)C2CC2)c1C#N. The molecule has 1 N–H and O–H groups in total. The van der Waals surface area contributed by atoms with E-state index in [1.807, 2.05) is 6.92 Å². The molecule has 3 nitrogen and oxygen atoms in total. The molecule has 2 aliphatic carbocycles. The summed E-state index contributed by atoms with van der Waals surface area (Å²) >= 11 is 1.42. The first-order valence-corrected chi connectivity index (χ1v) is 7.17. The summed E-state index contributed by atoms with van der Waals surface area (Å²) in [6, 6.07) is 2.24. The second-order valence-corrected chi connectivity index (χ2v) is 6.08. The van der Waals surface area contributed by atoms with Crippen LogP contribution in [0.4, 0.5) is 5.00 Å². The first kappa shape index (κ1) is 11.0. The standard InChI is InChI=1S/C13H17N3S/c1-8-11(6-14)13(17-16-8)15-7-12(9-2-3-9)10-4-5-10/h9-10,12,15H,2-5,7H2,1H3. The van der Waals surface area contributed by atoms with Crippen molar-refractivity contribution in [1.82, 2.24) is 4.37 Å². The van der Waals surface area contributed by atoms with Gasteiger partial charge in [0, 0.05) is 6.54 Å². The van der Waals surface area contributed by atoms with E-state index in [9.17, 15) is 0 Å². The molecular weight excluding hydrogens is 230 g/mol. The van der Waals surface area contributed by atoms with E-state index in [4.69, 9.17) is 5.26 Å². The van der Waals surface area contributed by atoms with Gasteiger partial charge in [-0.15, -0.1) is 0 Å². The van der Waals surface area contributed by atoms with Gasteiger partial charge in [0.1, 0.15) is 16.6 Å². The first-order chi connectivity index (χ1) is 8.29. The molecule has 1 aromatic heterocycles. The van der Waals surface area contributed by atoms with Gasteiger partial charge in [0.2, 0.25) is 0 Å². The molecule has 0 spiro atoms. The lowest BCUT2D eigenvalue weighted by atomic mass is 9.98. The lowest BCUT2D eigenvalue weighted by Gasteiger charge is -2.16. The van der Waals surface area contributed by atoms with Gasteiger partial charge in [0.25, 0.3) is 0 Å². The number of nitriles is 1. The predicted octanol–water partition coefficient (Wildman–Crippen LogP) is 3.17. The van der Waals surface area contributed by atoms with Crippen LogP contribution in [-0.4, -0.2) is 10.9 Å². The van der Waals surface area contributed by atoms with E-state index in [-0.39, 0.29) is 0 Å². The second kappa shape index (κ2) is 4.30. The van der Waals surface area contributed by atoms with Crippen molar-refractivity contribution in [3.8, 4) is 6.07 Å². The Labute approximate surface area is 106 Å². The number of hydrogen-bond acceptors (Lipinski definition) is 4. The van der Waals surface area contributed by atoms with E-state index < -0.39 is 0 Å². The molecule has 2 fully saturated rings. The highest BCUT2D eigenvalue weighted by molar-refractivity contribution is 7.10. The van der Waals surface area contributed by atoms with E-state index in [2.05, 4.69) is 15.8 Å². The molecule has 1 heterocycles. The summed E-state index contributed by atoms with van der Waals surface area (Å²) in [5.74, 6) is 2.74. The van der Waals surface area contributed by atoms with Crippen LogP contribution in [0.3, 0.4) is 0 Å². The van der Waals surface area contributed by atoms with E-state index in [0.717, 1.165) is 40.6 Å². The highest BCUT2D eigenvalue weighted by atomic mass is 32.1. The molecular formula is C13H17N3S. The summed E-state index contributed by atoms with van der Waals surface area (Å²) < 4.78 is 4.24. The van der Waals surface area contributed by atoms with Crippen molar-refractivity contribution in [2.45, 2.75) is 32.6 Å². The smallest absolute Gasteiger partial charge is 0.127 e. The molecule has 0 unspecified atom stereocenters. The van der Waals surface area contributed by atoms with Crippen molar-refractivity contribution in [1.29, 1.82) is 5.26 Å². The zero-order chi connectivity index (χ0) is 11.8. The highest BCUT2D eigenvalue weighted by Gasteiger charge is 2.41. The molecule has 17 heavy (non-hydrogen) atoms. The van der Waals surface area contributed by atoms with Gasteiger partial charge in [-0.25, -0.2) is 0 Å². The minimum absolute atomic E-state index is 0.736. The average molecular weight is 247 g/mol. The number of hydrogen-bond donors (Lipinski definition) is 1. The van der Waals surface area contributed by atoms with Crippen molar-refractivity contribution in [2.75, 3.05) is 11.9 Å². The van der Waals surface area contributed by atoms with Gasteiger partial charge < -0.3 is 5.32 Å². The Morgan fingerprint density at radius 2 is 2.06 bits per heavy atom. The topological polar surface area (TPSA) is 48.7 Å². The third-order valence-electron chi connectivity index (χ3n) is 3.93. The molecule has 0 aromatic carbocycles. The Hall–Kier alpha value is -1.08. The van der Waals surface area contributed by atoms with Gasteiger partial charge in [-0.1, -0.05) is 0 Å². The molecule has 3 rings (SSSR count). The highest BCUT2D eigenvalue weighted by Crippen LogP contribution is 2.49. The van der Waals surface area contributed by atoms with Gasteiger partial charge in [0.15, 0.2) is 0 Å². The van der Waals surface area contributed by atoms with Crippen LogP contribution < -0.4 is 5.32 Å². The average Bonchev–Trinajstić information content (AvgIpc) is 3.20. The zero-order valence-electron chi connectivity index (χ0n) is 10.1. The molecule has 0 radical (unpaired) electrons. The van der Waals surface area contributed by atoms with Gasteiger partial charge >= 0.3 is 0 Å². The predicted molar refractivity (Wildman–Crippen MR) is 69.0 cm³/mol. The zero-order valence-corrected chi connectivity index (χ0v) is 10.9. The number of nitrogens with one attached hydrogen (secondary N) is 1. The molecule has 1 aromatic rings. The van der Waals surface area contributed by atoms with E-state index in [1.54, 1.807) is 0 Å². The van der Waals surface area contributed by atoms with Crippen LogP contribution in [0.15, 0.2) is 0 Å². The van der Waals surface area contributed by atoms with Crippen molar-refractivity contribution < 1.29 is 0 Å². The van der Waals surface area contributed by atoms with Crippen molar-refractivity contribution in [2.24, 2.45) is 17.8 Å². The molecule has 0 saturated heterocycles. The fraction of sp³-hybridized carbons (Fsp3) is 0.692. The minimum atomic E-state index is 0.736. The number of nitrogens with zero attached hydrogens (tertiary/aromatic N) is 2. The third-order valence-corrected chi connectivity index (χ3v) is 4.82. The lowest BCUT2D eigenvalue weighted by molar-refractivity contribution is 0.428. The number of aryl methyl sites for hydroxylation is 1. The molecule has 2 aliphatic rings. The third kappa shape index (κ3) is 2.30. The Kier molecular flexibility index (Phi) is 2.79. The Balaban J connectivity index is 1.64. The lowest BCUT2D eigenvalue weighted by Crippen LogP contribution is -2.18. The Morgan fingerprint density at radius 3 is 2.59 bits per heavy atom. The molecule has 0 aliphatic heterocycles. The van der Waals surface area contributed by atoms with Crippen LogP contribution >= 0.6 is 11.5 Å². The van der Waals surface area contributed by atoms with Crippen molar-refractivity contribution >= 4 is 16.5 Å². The van der Waals surface area contributed by atoms with E-state index in [1.165, 1.54) is 37.2 Å². The maximum atomic E-state index is 9.07. The summed E-state index contributed by atoms with van der Waals surface area (Å²) in [5.41, 5.74) is 1.59. The summed E-state index contributed by atoms with van der Waals surface area (Å²) in [6.45, 7) is 2.94. The largest absolute Gasteiger partial charge is 0.374 e. The van der Waals surface area contributed by atoms with Crippen LogP contribution in [0.5, 0.6) is 0 Å². The summed E-state index contributed by atoms with van der Waals surface area (Å²) in [7, 11) is 0. The minimum Gasteiger partial charge on any atom is -0.374 e. The number of anilines is 1. The van der Waals surface area contributed by atoms with Gasteiger partial charge in [-0.3, -0.25) is 0 Å². The van der Waals surface area contributed by atoms with Crippen LogP contribution in [-0.2, 0) is 0 Å². The monoisotopic (exact) mass is 247 g/mol. The van der Waals surface area contributed by atoms with Crippen molar-refractivity contribution in [3.05, 3.63) is 11.3 Å². The maximum Gasteiger partial charge on any atom is 0.127 e. The summed E-state index contributed by atoms with van der Waals surface area (Å²) in [6.07, 6.45) is 5.65. The van der Waals surface area contributed by atoms with Crippen LogP contribution in [0, 0.1) is 36.0 Å². The van der Waals surface area contributed by atoms with Crippen LogP contribution in [0.2, 0.25) is 0 Å². The van der Waals surface area contributed by atoms with E-state index in [0.29, 0.717) is 0 Å². The van der Waals surface area contributed by atoms with Crippen LogP contribution in [0.25, 0.3) is 0 Å². The quantitative estimate of drug-likeness (QED) is 0.869. The second-order valence-electron chi connectivity index (χ2n) is 5.30. The normalized spacial score (nSPS) is 19.4. The van der Waals surface area contributed by atoms with E-state index >= 15 is 0 Å². The molecule has 0 amide bonds. The molecule has 0 atom stereocenters. The Morgan fingerprint density at radius 1 is 1.41 bits per heavy atom. The summed E-state index contributed by atoms with van der Waals surface area (Å²) in [5, 5.41) is 13.5. The fourth-order valence-corrected chi connectivity index (χ4v) is 3.35. The van der Waals surface area contributed by atoms with Gasteiger partial charge in [-0.2, -0.15) is 9.64 Å². The molecule has 4 heteroatoms. The molecule has 0 bridgehead atoms. The van der Waals surface area contributed by atoms with Crippen LogP contribution in [0.1, 0.15) is 36.9 Å². The fourth-order valence-electron chi connectivity index (χ4n) is 2.60. The molecule has 2 saturated carbocycles. The molecule has 90 valence electrons.